The number of rotatable bonds is 8. The van der Waals surface area contributed by atoms with Gasteiger partial charge in [0, 0.05) is 19.0 Å². The summed E-state index contributed by atoms with van der Waals surface area (Å²) in [6, 6.07) is 6.72. The largest absolute Gasteiger partial charge is 0.481 e. The number of carbonyl (C=O) groups excluding carboxylic acids is 1. The summed E-state index contributed by atoms with van der Waals surface area (Å²) < 4.78 is 37.7. The van der Waals surface area contributed by atoms with Crippen LogP contribution in [0.3, 0.4) is 0 Å². The van der Waals surface area contributed by atoms with Crippen molar-refractivity contribution in [2.75, 3.05) is 6.54 Å². The van der Waals surface area contributed by atoms with E-state index in [9.17, 15) is 22.8 Å². The SMILES string of the molecule is CCN(C(=O)C(F)(F)F)C(C)Cc1ccc(CCCC(=O)O)cc1. The number of aryl methyl sites for hydroxylation is 1. The number of carboxylic acids is 1. The van der Waals surface area contributed by atoms with E-state index in [0.29, 0.717) is 19.3 Å². The number of likely N-dealkylation sites (N-methyl/N-ethyl adjacent to an activating group) is 1. The number of hydrogen-bond donors (Lipinski definition) is 1. The van der Waals surface area contributed by atoms with Crippen molar-refractivity contribution in [3.63, 3.8) is 0 Å². The molecule has 1 aromatic rings. The Kier molecular flexibility index (Phi) is 7.25. The first-order chi connectivity index (χ1) is 11.1. The second kappa shape index (κ2) is 8.70. The third-order valence-corrected chi connectivity index (χ3v) is 3.79. The van der Waals surface area contributed by atoms with Crippen molar-refractivity contribution in [2.45, 2.75) is 51.7 Å². The lowest BCUT2D eigenvalue weighted by atomic mass is 10.0. The molecule has 4 nitrogen and oxygen atoms in total. The molecular formula is C17H22F3NO3. The molecule has 0 bridgehead atoms. The zero-order valence-corrected chi connectivity index (χ0v) is 13.8. The molecule has 1 atom stereocenters. The van der Waals surface area contributed by atoms with Gasteiger partial charge in [-0.25, -0.2) is 0 Å². The van der Waals surface area contributed by atoms with Crippen molar-refractivity contribution in [1.29, 1.82) is 0 Å². The molecule has 1 aromatic carbocycles. The highest BCUT2D eigenvalue weighted by Crippen LogP contribution is 2.21. The van der Waals surface area contributed by atoms with E-state index in [1.807, 2.05) is 12.1 Å². The molecule has 0 aliphatic heterocycles. The van der Waals surface area contributed by atoms with E-state index in [1.165, 1.54) is 6.92 Å². The van der Waals surface area contributed by atoms with Gasteiger partial charge in [0.15, 0.2) is 0 Å². The molecule has 1 amide bonds. The van der Waals surface area contributed by atoms with Gasteiger partial charge in [0.1, 0.15) is 0 Å². The minimum atomic E-state index is -4.86. The molecule has 0 heterocycles. The summed E-state index contributed by atoms with van der Waals surface area (Å²) in [5.74, 6) is -2.66. The van der Waals surface area contributed by atoms with Crippen LogP contribution in [0.1, 0.15) is 37.8 Å². The van der Waals surface area contributed by atoms with Crippen molar-refractivity contribution in [3.8, 4) is 0 Å². The first-order valence-electron chi connectivity index (χ1n) is 7.82. The molecule has 0 fully saturated rings. The number of amides is 1. The van der Waals surface area contributed by atoms with Crippen molar-refractivity contribution in [3.05, 3.63) is 35.4 Å². The fourth-order valence-electron chi connectivity index (χ4n) is 2.56. The van der Waals surface area contributed by atoms with Crippen LogP contribution in [0.2, 0.25) is 0 Å². The Labute approximate surface area is 139 Å². The summed E-state index contributed by atoms with van der Waals surface area (Å²) in [6.07, 6.45) is -3.27. The minimum Gasteiger partial charge on any atom is -0.481 e. The first kappa shape index (κ1) is 20.0. The summed E-state index contributed by atoms with van der Waals surface area (Å²) in [6.45, 7) is 3.10. The van der Waals surface area contributed by atoms with Gasteiger partial charge < -0.3 is 10.0 Å². The van der Waals surface area contributed by atoms with Crippen LogP contribution >= 0.6 is 0 Å². The molecular weight excluding hydrogens is 323 g/mol. The monoisotopic (exact) mass is 345 g/mol. The normalized spacial score (nSPS) is 12.7. The molecule has 0 saturated heterocycles. The number of nitrogens with zero attached hydrogens (tertiary/aromatic N) is 1. The zero-order valence-electron chi connectivity index (χ0n) is 13.8. The fourth-order valence-corrected chi connectivity index (χ4v) is 2.56. The lowest BCUT2D eigenvalue weighted by molar-refractivity contribution is -0.187. The molecule has 0 spiro atoms. The van der Waals surface area contributed by atoms with E-state index in [0.717, 1.165) is 16.0 Å². The Morgan fingerprint density at radius 3 is 2.17 bits per heavy atom. The van der Waals surface area contributed by atoms with Crippen LogP contribution in [0.4, 0.5) is 13.2 Å². The van der Waals surface area contributed by atoms with Crippen LogP contribution in [0.25, 0.3) is 0 Å². The predicted molar refractivity (Wildman–Crippen MR) is 83.6 cm³/mol. The summed E-state index contributed by atoms with van der Waals surface area (Å²) in [4.78, 5) is 22.7. The summed E-state index contributed by atoms with van der Waals surface area (Å²) in [5.41, 5.74) is 1.81. The van der Waals surface area contributed by atoms with Gasteiger partial charge in [-0.15, -0.1) is 0 Å². The second-order valence-corrected chi connectivity index (χ2v) is 5.71. The zero-order chi connectivity index (χ0) is 18.3. The fraction of sp³-hybridized carbons (Fsp3) is 0.529. The lowest BCUT2D eigenvalue weighted by Gasteiger charge is -2.29. The highest BCUT2D eigenvalue weighted by atomic mass is 19.4. The maximum absolute atomic E-state index is 12.6. The topological polar surface area (TPSA) is 57.6 Å². The van der Waals surface area contributed by atoms with Crippen molar-refractivity contribution < 1.29 is 27.9 Å². The van der Waals surface area contributed by atoms with Crippen LogP contribution in [-0.2, 0) is 22.4 Å². The van der Waals surface area contributed by atoms with E-state index in [2.05, 4.69) is 0 Å². The van der Waals surface area contributed by atoms with Crippen LogP contribution in [0.15, 0.2) is 24.3 Å². The van der Waals surface area contributed by atoms with E-state index in [1.54, 1.807) is 19.1 Å². The number of carboxylic acid groups (broad SMARTS) is 1. The molecule has 7 heteroatoms. The molecule has 0 radical (unpaired) electrons. The highest BCUT2D eigenvalue weighted by molar-refractivity contribution is 5.82. The third kappa shape index (κ3) is 6.22. The Balaban J connectivity index is 2.64. The second-order valence-electron chi connectivity index (χ2n) is 5.71. The standard InChI is InChI=1S/C17H22F3NO3/c1-3-21(16(24)17(18,19)20)12(2)11-14-9-7-13(8-10-14)5-4-6-15(22)23/h7-10,12H,3-6,11H2,1-2H3,(H,22,23). The van der Waals surface area contributed by atoms with Gasteiger partial charge in [-0.1, -0.05) is 24.3 Å². The average Bonchev–Trinajstić information content (AvgIpc) is 2.48. The number of benzene rings is 1. The number of hydrogen-bond acceptors (Lipinski definition) is 2. The average molecular weight is 345 g/mol. The Morgan fingerprint density at radius 2 is 1.71 bits per heavy atom. The van der Waals surface area contributed by atoms with E-state index in [-0.39, 0.29) is 13.0 Å². The Bertz CT molecular complexity index is 555. The molecule has 0 saturated carbocycles. The molecule has 0 aliphatic rings. The summed E-state index contributed by atoms with van der Waals surface area (Å²) in [7, 11) is 0. The predicted octanol–water partition coefficient (Wildman–Crippen LogP) is 3.44. The molecule has 1 rings (SSSR count). The summed E-state index contributed by atoms with van der Waals surface area (Å²) in [5, 5.41) is 8.60. The van der Waals surface area contributed by atoms with Gasteiger partial charge in [-0.3, -0.25) is 9.59 Å². The Morgan fingerprint density at radius 1 is 1.17 bits per heavy atom. The van der Waals surface area contributed by atoms with Crippen LogP contribution in [-0.4, -0.2) is 40.6 Å². The van der Waals surface area contributed by atoms with E-state index >= 15 is 0 Å². The quantitative estimate of drug-likeness (QED) is 0.785. The highest BCUT2D eigenvalue weighted by Gasteiger charge is 2.43. The van der Waals surface area contributed by atoms with E-state index in [4.69, 9.17) is 5.11 Å². The first-order valence-corrected chi connectivity index (χ1v) is 7.82. The van der Waals surface area contributed by atoms with Gasteiger partial charge in [0.05, 0.1) is 0 Å². The molecule has 0 aromatic heterocycles. The van der Waals surface area contributed by atoms with Crippen LogP contribution in [0, 0.1) is 0 Å². The van der Waals surface area contributed by atoms with Gasteiger partial charge in [0.25, 0.3) is 0 Å². The van der Waals surface area contributed by atoms with Gasteiger partial charge >= 0.3 is 18.1 Å². The number of alkyl halides is 3. The molecule has 1 unspecified atom stereocenters. The van der Waals surface area contributed by atoms with Crippen molar-refractivity contribution >= 4 is 11.9 Å². The van der Waals surface area contributed by atoms with Gasteiger partial charge in [0.2, 0.25) is 0 Å². The molecule has 134 valence electrons. The van der Waals surface area contributed by atoms with Crippen LogP contribution in [0.5, 0.6) is 0 Å². The number of halogens is 3. The third-order valence-electron chi connectivity index (χ3n) is 3.79. The van der Waals surface area contributed by atoms with Crippen LogP contribution < -0.4 is 0 Å². The molecule has 1 N–H and O–H groups in total. The van der Waals surface area contributed by atoms with Gasteiger partial charge in [-0.05, 0) is 44.2 Å². The lowest BCUT2D eigenvalue weighted by Crippen LogP contribution is -2.46. The molecule has 0 aliphatic carbocycles. The van der Waals surface area contributed by atoms with E-state index < -0.39 is 24.1 Å². The summed E-state index contributed by atoms with van der Waals surface area (Å²) >= 11 is 0. The van der Waals surface area contributed by atoms with Gasteiger partial charge in [-0.2, -0.15) is 13.2 Å². The number of carbonyl (C=O) groups is 2. The maximum Gasteiger partial charge on any atom is 0.471 e. The minimum absolute atomic E-state index is 0.00716. The smallest absolute Gasteiger partial charge is 0.471 e. The van der Waals surface area contributed by atoms with Crippen molar-refractivity contribution in [2.24, 2.45) is 0 Å². The van der Waals surface area contributed by atoms with Crippen molar-refractivity contribution in [1.82, 2.24) is 4.90 Å². The maximum atomic E-state index is 12.6. The Hall–Kier alpha value is -2.05. The number of aliphatic carboxylic acids is 1. The molecule has 24 heavy (non-hydrogen) atoms.